The first-order chi connectivity index (χ1) is 12.1. The van der Waals surface area contributed by atoms with Gasteiger partial charge in [-0.3, -0.25) is 14.9 Å². The van der Waals surface area contributed by atoms with Gasteiger partial charge < -0.3 is 9.80 Å². The van der Waals surface area contributed by atoms with E-state index in [-0.39, 0.29) is 17.6 Å². The fourth-order valence-corrected chi connectivity index (χ4v) is 4.66. The molecular weight excluding hydrogens is 338 g/mol. The van der Waals surface area contributed by atoms with E-state index < -0.39 is 4.92 Å². The minimum atomic E-state index is -0.444. The average Bonchev–Trinajstić information content (AvgIpc) is 2.87. The van der Waals surface area contributed by atoms with Gasteiger partial charge in [0.1, 0.15) is 0 Å². The summed E-state index contributed by atoms with van der Waals surface area (Å²) in [6.45, 7) is 3.86. The van der Waals surface area contributed by atoms with Gasteiger partial charge in [-0.05, 0) is 44.2 Å². The number of amides is 1. The quantitative estimate of drug-likeness (QED) is 0.608. The van der Waals surface area contributed by atoms with E-state index in [1.807, 2.05) is 16.7 Å². The molecule has 0 aliphatic carbocycles. The third-order valence-electron chi connectivity index (χ3n) is 4.92. The molecule has 136 valence electrons. The van der Waals surface area contributed by atoms with Crippen molar-refractivity contribution in [3.8, 4) is 0 Å². The van der Waals surface area contributed by atoms with Crippen molar-refractivity contribution in [2.45, 2.75) is 31.7 Å². The first-order valence-corrected chi connectivity index (χ1v) is 10.2. The minimum absolute atomic E-state index is 0.0253. The normalized spacial score (nSPS) is 22.4. The standard InChI is InChI=1S/C18H25N3O3S/c22-18(15-6-4-7-16(12-15)21(23)24)20-10-5-11-25-14-17(20)13-19-8-2-1-3-9-19/h4,6-7,12,17H,1-3,5,8-11,13-14H2. The molecule has 2 aliphatic rings. The van der Waals surface area contributed by atoms with E-state index >= 15 is 0 Å². The van der Waals surface area contributed by atoms with Gasteiger partial charge in [-0.1, -0.05) is 12.5 Å². The monoisotopic (exact) mass is 363 g/mol. The van der Waals surface area contributed by atoms with Gasteiger partial charge in [0, 0.05) is 36.5 Å². The maximum atomic E-state index is 13.1. The highest BCUT2D eigenvalue weighted by molar-refractivity contribution is 7.99. The number of carbonyl (C=O) groups is 1. The van der Waals surface area contributed by atoms with Crippen LogP contribution in [0, 0.1) is 10.1 Å². The van der Waals surface area contributed by atoms with Gasteiger partial charge in [0.25, 0.3) is 11.6 Å². The van der Waals surface area contributed by atoms with Gasteiger partial charge in [0.2, 0.25) is 0 Å². The maximum Gasteiger partial charge on any atom is 0.270 e. The van der Waals surface area contributed by atoms with Crippen molar-refractivity contribution in [3.63, 3.8) is 0 Å². The predicted molar refractivity (Wildman–Crippen MR) is 100 cm³/mol. The van der Waals surface area contributed by atoms with Crippen LogP contribution in [-0.2, 0) is 0 Å². The third-order valence-corrected chi connectivity index (χ3v) is 6.12. The van der Waals surface area contributed by atoms with Crippen molar-refractivity contribution in [1.82, 2.24) is 9.80 Å². The molecule has 2 saturated heterocycles. The van der Waals surface area contributed by atoms with E-state index in [9.17, 15) is 14.9 Å². The number of nitrogens with zero attached hydrogens (tertiary/aromatic N) is 3. The Kier molecular flexibility index (Phi) is 6.31. The lowest BCUT2D eigenvalue weighted by Gasteiger charge is -2.35. The second kappa shape index (κ2) is 8.67. The number of rotatable bonds is 4. The zero-order valence-corrected chi connectivity index (χ0v) is 15.2. The molecule has 0 bridgehead atoms. The van der Waals surface area contributed by atoms with Crippen LogP contribution in [0.3, 0.4) is 0 Å². The highest BCUT2D eigenvalue weighted by Gasteiger charge is 2.29. The number of hydrogen-bond donors (Lipinski definition) is 0. The Hall–Kier alpha value is -1.60. The van der Waals surface area contributed by atoms with Crippen LogP contribution in [0.2, 0.25) is 0 Å². The second-order valence-corrected chi connectivity index (χ2v) is 7.90. The van der Waals surface area contributed by atoms with E-state index in [0.29, 0.717) is 5.56 Å². The number of nitro benzene ring substituents is 1. The first kappa shape index (κ1) is 18.2. The molecule has 1 amide bonds. The van der Waals surface area contributed by atoms with Crippen LogP contribution in [0.15, 0.2) is 24.3 Å². The lowest BCUT2D eigenvalue weighted by molar-refractivity contribution is -0.384. The largest absolute Gasteiger partial charge is 0.334 e. The van der Waals surface area contributed by atoms with Crippen molar-refractivity contribution in [2.24, 2.45) is 0 Å². The molecular formula is C18H25N3O3S. The number of piperidine rings is 1. The molecule has 3 rings (SSSR count). The summed E-state index contributed by atoms with van der Waals surface area (Å²) in [4.78, 5) is 28.0. The predicted octanol–water partition coefficient (Wildman–Crippen LogP) is 3.03. The Bertz CT molecular complexity index is 619. The highest BCUT2D eigenvalue weighted by Crippen LogP contribution is 2.22. The Morgan fingerprint density at radius 3 is 2.76 bits per heavy atom. The Balaban J connectivity index is 1.76. The number of thioether (sulfide) groups is 1. The van der Waals surface area contributed by atoms with E-state index in [2.05, 4.69) is 4.90 Å². The number of likely N-dealkylation sites (tertiary alicyclic amines) is 1. The van der Waals surface area contributed by atoms with Crippen LogP contribution in [0.4, 0.5) is 5.69 Å². The highest BCUT2D eigenvalue weighted by atomic mass is 32.2. The molecule has 0 spiro atoms. The number of non-ortho nitro benzene ring substituents is 1. The Morgan fingerprint density at radius 1 is 1.20 bits per heavy atom. The summed E-state index contributed by atoms with van der Waals surface area (Å²) in [5.41, 5.74) is 0.396. The van der Waals surface area contributed by atoms with Crippen LogP contribution in [0.5, 0.6) is 0 Å². The van der Waals surface area contributed by atoms with Gasteiger partial charge in [-0.25, -0.2) is 0 Å². The molecule has 1 unspecified atom stereocenters. The minimum Gasteiger partial charge on any atom is -0.334 e. The molecule has 7 heteroatoms. The number of hydrogen-bond acceptors (Lipinski definition) is 5. The van der Waals surface area contributed by atoms with Crippen LogP contribution in [-0.4, -0.2) is 64.4 Å². The van der Waals surface area contributed by atoms with Gasteiger partial charge in [0.05, 0.1) is 11.0 Å². The van der Waals surface area contributed by atoms with E-state index in [4.69, 9.17) is 0 Å². The zero-order chi connectivity index (χ0) is 17.6. The van der Waals surface area contributed by atoms with E-state index in [1.165, 1.54) is 31.4 Å². The molecule has 1 aromatic carbocycles. The van der Waals surface area contributed by atoms with Gasteiger partial charge in [-0.2, -0.15) is 11.8 Å². The molecule has 0 aromatic heterocycles. The third kappa shape index (κ3) is 4.73. The SMILES string of the molecule is O=C(c1cccc([N+](=O)[O-])c1)N1CCCSCC1CN1CCCCC1. The Morgan fingerprint density at radius 2 is 2.00 bits per heavy atom. The molecule has 25 heavy (non-hydrogen) atoms. The van der Waals surface area contributed by atoms with E-state index in [1.54, 1.807) is 12.1 Å². The summed E-state index contributed by atoms with van der Waals surface area (Å²) in [6.07, 6.45) is 4.74. The molecule has 2 heterocycles. The number of carbonyl (C=O) groups excluding carboxylic acids is 1. The first-order valence-electron chi connectivity index (χ1n) is 9.00. The van der Waals surface area contributed by atoms with Crippen molar-refractivity contribution in [1.29, 1.82) is 0 Å². The smallest absolute Gasteiger partial charge is 0.270 e. The summed E-state index contributed by atoms with van der Waals surface area (Å²) in [6, 6.07) is 6.29. The summed E-state index contributed by atoms with van der Waals surface area (Å²) >= 11 is 1.91. The van der Waals surface area contributed by atoms with Gasteiger partial charge in [-0.15, -0.1) is 0 Å². The molecule has 0 saturated carbocycles. The molecule has 1 atom stereocenters. The fraction of sp³-hybridized carbons (Fsp3) is 0.611. The van der Waals surface area contributed by atoms with Gasteiger partial charge >= 0.3 is 0 Å². The number of nitro groups is 1. The van der Waals surface area contributed by atoms with Gasteiger partial charge in [0.15, 0.2) is 0 Å². The summed E-state index contributed by atoms with van der Waals surface area (Å²) < 4.78 is 0. The molecule has 0 radical (unpaired) electrons. The summed E-state index contributed by atoms with van der Waals surface area (Å²) in [5, 5.41) is 11.0. The number of benzene rings is 1. The average molecular weight is 363 g/mol. The Labute approximate surface area is 152 Å². The molecule has 1 aromatic rings. The molecule has 0 N–H and O–H groups in total. The van der Waals surface area contributed by atoms with Crippen molar-refractivity contribution in [3.05, 3.63) is 39.9 Å². The van der Waals surface area contributed by atoms with Crippen molar-refractivity contribution >= 4 is 23.4 Å². The van der Waals surface area contributed by atoms with Crippen LogP contribution in [0.1, 0.15) is 36.0 Å². The lowest BCUT2D eigenvalue weighted by atomic mass is 10.1. The van der Waals surface area contributed by atoms with E-state index in [0.717, 1.165) is 44.1 Å². The second-order valence-electron chi connectivity index (χ2n) is 6.75. The van der Waals surface area contributed by atoms with Crippen LogP contribution < -0.4 is 0 Å². The topological polar surface area (TPSA) is 66.7 Å². The molecule has 2 aliphatic heterocycles. The van der Waals surface area contributed by atoms with Crippen LogP contribution >= 0.6 is 11.8 Å². The zero-order valence-electron chi connectivity index (χ0n) is 14.4. The fourth-order valence-electron chi connectivity index (χ4n) is 3.61. The summed E-state index contributed by atoms with van der Waals surface area (Å²) in [7, 11) is 0. The maximum absolute atomic E-state index is 13.1. The molecule has 6 nitrogen and oxygen atoms in total. The van der Waals surface area contributed by atoms with Crippen molar-refractivity contribution < 1.29 is 9.72 Å². The summed E-state index contributed by atoms with van der Waals surface area (Å²) in [5.74, 6) is 1.93. The lowest BCUT2D eigenvalue weighted by Crippen LogP contribution is -2.49. The van der Waals surface area contributed by atoms with Crippen LogP contribution in [0.25, 0.3) is 0 Å². The van der Waals surface area contributed by atoms with Crippen molar-refractivity contribution in [2.75, 3.05) is 37.7 Å². The molecule has 2 fully saturated rings.